The van der Waals surface area contributed by atoms with Gasteiger partial charge in [-0.1, -0.05) is 19.8 Å². The molecule has 0 saturated heterocycles. The van der Waals surface area contributed by atoms with E-state index in [9.17, 15) is 4.79 Å². The molecule has 2 rings (SSSR count). The summed E-state index contributed by atoms with van der Waals surface area (Å²) in [6.07, 6.45) is 3.24. The average molecular weight is 371 g/mol. The SMILES string of the molecule is CCCCCNC(=O)c1ccc(OCC)c(COc2ccc(OC)cc2)c1. The number of ether oxygens (including phenoxy) is 3. The summed E-state index contributed by atoms with van der Waals surface area (Å²) in [7, 11) is 1.63. The highest BCUT2D eigenvalue weighted by Crippen LogP contribution is 2.24. The average Bonchev–Trinajstić information content (AvgIpc) is 2.71. The largest absolute Gasteiger partial charge is 0.497 e. The predicted molar refractivity (Wildman–Crippen MR) is 107 cm³/mol. The molecule has 2 aromatic rings. The van der Waals surface area contributed by atoms with Crippen LogP contribution >= 0.6 is 0 Å². The first kappa shape index (κ1) is 20.6. The van der Waals surface area contributed by atoms with Crippen LogP contribution in [0, 0.1) is 0 Å². The van der Waals surface area contributed by atoms with Gasteiger partial charge in [-0.3, -0.25) is 4.79 Å². The van der Waals surface area contributed by atoms with Crippen LogP contribution in [0.15, 0.2) is 42.5 Å². The first-order valence-electron chi connectivity index (χ1n) is 9.48. The number of amides is 1. The van der Waals surface area contributed by atoms with Crippen LogP contribution in [0.2, 0.25) is 0 Å². The Balaban J connectivity index is 2.05. The molecule has 0 spiro atoms. The zero-order valence-electron chi connectivity index (χ0n) is 16.4. The quantitative estimate of drug-likeness (QED) is 0.587. The Morgan fingerprint density at radius 3 is 2.37 bits per heavy atom. The van der Waals surface area contributed by atoms with Crippen molar-refractivity contribution in [2.45, 2.75) is 39.7 Å². The molecule has 0 fully saturated rings. The van der Waals surface area contributed by atoms with Gasteiger partial charge in [-0.05, 0) is 55.8 Å². The van der Waals surface area contributed by atoms with Gasteiger partial charge in [0.2, 0.25) is 0 Å². The van der Waals surface area contributed by atoms with Crippen LogP contribution in [0.3, 0.4) is 0 Å². The molecule has 0 bridgehead atoms. The van der Waals surface area contributed by atoms with Crippen LogP contribution < -0.4 is 19.5 Å². The van der Waals surface area contributed by atoms with E-state index in [1.165, 1.54) is 0 Å². The van der Waals surface area contributed by atoms with Crippen LogP contribution in [-0.2, 0) is 6.61 Å². The van der Waals surface area contributed by atoms with Crippen LogP contribution in [-0.4, -0.2) is 26.2 Å². The molecular formula is C22H29NO4. The van der Waals surface area contributed by atoms with Crippen molar-refractivity contribution >= 4 is 5.91 Å². The van der Waals surface area contributed by atoms with E-state index in [1.54, 1.807) is 13.2 Å². The molecule has 2 aromatic carbocycles. The minimum absolute atomic E-state index is 0.0696. The van der Waals surface area contributed by atoms with Crippen molar-refractivity contribution in [2.75, 3.05) is 20.3 Å². The molecule has 0 radical (unpaired) electrons. The molecular weight excluding hydrogens is 342 g/mol. The lowest BCUT2D eigenvalue weighted by molar-refractivity contribution is 0.0952. The van der Waals surface area contributed by atoms with E-state index < -0.39 is 0 Å². The zero-order chi connectivity index (χ0) is 19.5. The molecule has 0 aromatic heterocycles. The summed E-state index contributed by atoms with van der Waals surface area (Å²) < 4.78 is 16.7. The van der Waals surface area contributed by atoms with E-state index in [0.717, 1.165) is 42.1 Å². The Kier molecular flexibility index (Phi) is 8.49. The van der Waals surface area contributed by atoms with Crippen molar-refractivity contribution in [3.8, 4) is 17.2 Å². The smallest absolute Gasteiger partial charge is 0.251 e. The van der Waals surface area contributed by atoms with Crippen molar-refractivity contribution in [1.82, 2.24) is 5.32 Å². The number of benzene rings is 2. The summed E-state index contributed by atoms with van der Waals surface area (Å²) in [6, 6.07) is 12.8. The van der Waals surface area contributed by atoms with E-state index in [4.69, 9.17) is 14.2 Å². The van der Waals surface area contributed by atoms with Gasteiger partial charge in [0.1, 0.15) is 23.9 Å². The molecule has 146 valence electrons. The van der Waals surface area contributed by atoms with E-state index >= 15 is 0 Å². The van der Waals surface area contributed by atoms with Crippen molar-refractivity contribution in [1.29, 1.82) is 0 Å². The second kappa shape index (κ2) is 11.1. The minimum Gasteiger partial charge on any atom is -0.497 e. The fourth-order valence-electron chi connectivity index (χ4n) is 2.64. The first-order chi connectivity index (χ1) is 13.2. The molecule has 1 N–H and O–H groups in total. The molecule has 5 nitrogen and oxygen atoms in total. The van der Waals surface area contributed by atoms with Gasteiger partial charge >= 0.3 is 0 Å². The number of unbranched alkanes of at least 4 members (excludes halogenated alkanes) is 2. The molecule has 0 aliphatic rings. The molecule has 0 heterocycles. The van der Waals surface area contributed by atoms with Crippen LogP contribution in [0.4, 0.5) is 0 Å². The summed E-state index contributed by atoms with van der Waals surface area (Å²) in [5.41, 5.74) is 1.46. The highest BCUT2D eigenvalue weighted by molar-refractivity contribution is 5.94. The lowest BCUT2D eigenvalue weighted by atomic mass is 10.1. The first-order valence-corrected chi connectivity index (χ1v) is 9.48. The number of carbonyl (C=O) groups is 1. The fraction of sp³-hybridized carbons (Fsp3) is 0.409. The summed E-state index contributed by atoms with van der Waals surface area (Å²) in [6.45, 7) is 5.64. The van der Waals surface area contributed by atoms with Crippen LogP contribution in [0.25, 0.3) is 0 Å². The number of carbonyl (C=O) groups excluding carboxylic acids is 1. The van der Waals surface area contributed by atoms with Crippen LogP contribution in [0.1, 0.15) is 49.0 Å². The van der Waals surface area contributed by atoms with Crippen molar-refractivity contribution in [3.05, 3.63) is 53.6 Å². The van der Waals surface area contributed by atoms with E-state index in [2.05, 4.69) is 12.2 Å². The Hall–Kier alpha value is -2.69. The number of rotatable bonds is 11. The maximum absolute atomic E-state index is 12.4. The Morgan fingerprint density at radius 2 is 1.70 bits per heavy atom. The summed E-state index contributed by atoms with van der Waals surface area (Å²) in [4.78, 5) is 12.4. The molecule has 5 heteroatoms. The Morgan fingerprint density at radius 1 is 0.963 bits per heavy atom. The van der Waals surface area contributed by atoms with E-state index in [1.807, 2.05) is 43.3 Å². The monoisotopic (exact) mass is 371 g/mol. The second-order valence-electron chi connectivity index (χ2n) is 6.18. The highest BCUT2D eigenvalue weighted by Gasteiger charge is 2.11. The predicted octanol–water partition coefficient (Wildman–Crippen LogP) is 4.59. The number of nitrogens with one attached hydrogen (secondary N) is 1. The van der Waals surface area contributed by atoms with Gasteiger partial charge in [-0.2, -0.15) is 0 Å². The van der Waals surface area contributed by atoms with Crippen molar-refractivity contribution in [2.24, 2.45) is 0 Å². The van der Waals surface area contributed by atoms with Gasteiger partial charge in [0.15, 0.2) is 0 Å². The lowest BCUT2D eigenvalue weighted by Gasteiger charge is -2.14. The maximum atomic E-state index is 12.4. The molecule has 1 amide bonds. The molecule has 0 aliphatic heterocycles. The standard InChI is InChI=1S/C22H29NO4/c1-4-6-7-14-23-22(24)17-8-13-21(26-5-2)18(15-17)16-27-20-11-9-19(25-3)10-12-20/h8-13,15H,4-7,14,16H2,1-3H3,(H,23,24). The summed E-state index contributed by atoms with van der Waals surface area (Å²) in [5, 5.41) is 2.96. The Labute approximate surface area is 161 Å². The molecule has 0 unspecified atom stereocenters. The zero-order valence-corrected chi connectivity index (χ0v) is 16.4. The third kappa shape index (κ3) is 6.51. The van der Waals surface area contributed by atoms with Crippen molar-refractivity contribution in [3.63, 3.8) is 0 Å². The normalized spacial score (nSPS) is 10.3. The minimum atomic E-state index is -0.0696. The van der Waals surface area contributed by atoms with Gasteiger partial charge in [0.25, 0.3) is 5.91 Å². The third-order valence-electron chi connectivity index (χ3n) is 4.14. The number of methoxy groups -OCH3 is 1. The second-order valence-corrected chi connectivity index (χ2v) is 6.18. The van der Waals surface area contributed by atoms with Gasteiger partial charge in [-0.25, -0.2) is 0 Å². The van der Waals surface area contributed by atoms with E-state index in [-0.39, 0.29) is 5.91 Å². The fourth-order valence-corrected chi connectivity index (χ4v) is 2.64. The highest BCUT2D eigenvalue weighted by atomic mass is 16.5. The van der Waals surface area contributed by atoms with Gasteiger partial charge < -0.3 is 19.5 Å². The van der Waals surface area contributed by atoms with Crippen LogP contribution in [0.5, 0.6) is 17.2 Å². The van der Waals surface area contributed by atoms with Gasteiger partial charge in [0.05, 0.1) is 13.7 Å². The lowest BCUT2D eigenvalue weighted by Crippen LogP contribution is -2.24. The Bertz CT molecular complexity index is 713. The summed E-state index contributed by atoms with van der Waals surface area (Å²) >= 11 is 0. The molecule has 27 heavy (non-hydrogen) atoms. The molecule has 0 saturated carbocycles. The molecule has 0 atom stereocenters. The van der Waals surface area contributed by atoms with E-state index in [0.29, 0.717) is 25.3 Å². The maximum Gasteiger partial charge on any atom is 0.251 e. The van der Waals surface area contributed by atoms with Gasteiger partial charge in [0, 0.05) is 17.7 Å². The van der Waals surface area contributed by atoms with Gasteiger partial charge in [-0.15, -0.1) is 0 Å². The number of hydrogen-bond acceptors (Lipinski definition) is 4. The van der Waals surface area contributed by atoms with Crippen molar-refractivity contribution < 1.29 is 19.0 Å². The third-order valence-corrected chi connectivity index (χ3v) is 4.14. The topological polar surface area (TPSA) is 56.8 Å². The number of hydrogen-bond donors (Lipinski definition) is 1. The summed E-state index contributed by atoms with van der Waals surface area (Å²) in [5.74, 6) is 2.17. The molecule has 0 aliphatic carbocycles.